The lowest BCUT2D eigenvalue weighted by Gasteiger charge is -2.23. The molecular formula is C11H13F2NO2. The zero-order chi connectivity index (χ0) is 12.3. The minimum Gasteiger partial charge on any atom is -0.480 e. The zero-order valence-corrected chi connectivity index (χ0v) is 9.08. The molecular weight excluding hydrogens is 216 g/mol. The highest BCUT2D eigenvalue weighted by Crippen LogP contribution is 2.24. The van der Waals surface area contributed by atoms with Crippen LogP contribution in [0.15, 0.2) is 18.2 Å². The molecule has 3 nitrogen and oxygen atoms in total. The summed E-state index contributed by atoms with van der Waals surface area (Å²) >= 11 is 0. The first-order chi connectivity index (χ1) is 7.43. The van der Waals surface area contributed by atoms with Crippen molar-refractivity contribution in [3.8, 4) is 0 Å². The van der Waals surface area contributed by atoms with Crippen LogP contribution in [0.4, 0.5) is 8.78 Å². The third-order valence-electron chi connectivity index (χ3n) is 2.46. The number of hydrogen-bond donors (Lipinski definition) is 1. The lowest BCUT2D eigenvalue weighted by atomic mass is 10.1. The maximum atomic E-state index is 13.4. The fourth-order valence-corrected chi connectivity index (χ4v) is 1.48. The number of aliphatic carboxylic acids is 1. The van der Waals surface area contributed by atoms with Crippen LogP contribution in [0.25, 0.3) is 0 Å². The second kappa shape index (κ2) is 5.03. The van der Waals surface area contributed by atoms with Crippen molar-refractivity contribution in [3.63, 3.8) is 0 Å². The molecule has 16 heavy (non-hydrogen) atoms. The number of likely N-dealkylation sites (N-methyl/N-ethyl adjacent to an activating group) is 1. The highest BCUT2D eigenvalue weighted by atomic mass is 19.1. The van der Waals surface area contributed by atoms with Gasteiger partial charge in [-0.3, -0.25) is 9.69 Å². The Labute approximate surface area is 92.3 Å². The van der Waals surface area contributed by atoms with Crippen molar-refractivity contribution < 1.29 is 18.7 Å². The van der Waals surface area contributed by atoms with Gasteiger partial charge in [-0.2, -0.15) is 0 Å². The summed E-state index contributed by atoms with van der Waals surface area (Å²) in [7, 11) is 1.50. The maximum absolute atomic E-state index is 13.4. The fraction of sp³-hybridized carbons (Fsp3) is 0.364. The number of carboxylic acid groups (broad SMARTS) is 1. The predicted molar refractivity (Wildman–Crippen MR) is 55.0 cm³/mol. The normalized spacial score (nSPS) is 12.8. The fourth-order valence-electron chi connectivity index (χ4n) is 1.48. The minimum atomic E-state index is -1.04. The lowest BCUT2D eigenvalue weighted by molar-refractivity contribution is -0.138. The summed E-state index contributed by atoms with van der Waals surface area (Å²) in [6.07, 6.45) is 0. The van der Waals surface area contributed by atoms with E-state index in [0.717, 1.165) is 12.1 Å². The summed E-state index contributed by atoms with van der Waals surface area (Å²) in [5.41, 5.74) is -0.105. The van der Waals surface area contributed by atoms with Crippen LogP contribution in [0.5, 0.6) is 0 Å². The molecule has 0 aliphatic carbocycles. The molecule has 0 radical (unpaired) electrons. The summed E-state index contributed by atoms with van der Waals surface area (Å²) in [5.74, 6) is -2.36. The van der Waals surface area contributed by atoms with Crippen LogP contribution in [-0.2, 0) is 4.79 Å². The number of benzene rings is 1. The summed E-state index contributed by atoms with van der Waals surface area (Å²) in [6.45, 7) is 1.29. The van der Waals surface area contributed by atoms with E-state index in [1.807, 2.05) is 0 Å². The molecule has 0 bridgehead atoms. The smallest absolute Gasteiger partial charge is 0.317 e. The van der Waals surface area contributed by atoms with Crippen LogP contribution in [0, 0.1) is 11.6 Å². The topological polar surface area (TPSA) is 40.5 Å². The molecule has 0 spiro atoms. The van der Waals surface area contributed by atoms with Gasteiger partial charge in [-0.05, 0) is 26.1 Å². The van der Waals surface area contributed by atoms with Crippen LogP contribution in [0.2, 0.25) is 0 Å². The Hall–Kier alpha value is -1.49. The van der Waals surface area contributed by atoms with Gasteiger partial charge in [0, 0.05) is 11.6 Å². The molecule has 0 saturated heterocycles. The van der Waals surface area contributed by atoms with E-state index in [4.69, 9.17) is 5.11 Å². The van der Waals surface area contributed by atoms with E-state index in [-0.39, 0.29) is 12.1 Å². The van der Waals surface area contributed by atoms with Gasteiger partial charge in [0.2, 0.25) is 0 Å². The first kappa shape index (κ1) is 12.6. The second-order valence-electron chi connectivity index (χ2n) is 3.62. The lowest BCUT2D eigenvalue weighted by Crippen LogP contribution is -2.29. The average Bonchev–Trinajstić information content (AvgIpc) is 2.16. The van der Waals surface area contributed by atoms with Crippen molar-refractivity contribution in [3.05, 3.63) is 35.4 Å². The molecule has 1 aromatic carbocycles. The van der Waals surface area contributed by atoms with E-state index in [2.05, 4.69) is 0 Å². The number of carboxylic acids is 1. The number of nitrogens with zero attached hydrogens (tertiary/aromatic N) is 1. The van der Waals surface area contributed by atoms with Gasteiger partial charge in [-0.15, -0.1) is 0 Å². The van der Waals surface area contributed by atoms with Crippen molar-refractivity contribution in [2.45, 2.75) is 13.0 Å². The average molecular weight is 229 g/mol. The maximum Gasteiger partial charge on any atom is 0.317 e. The minimum absolute atomic E-state index is 0.105. The monoisotopic (exact) mass is 229 g/mol. The van der Waals surface area contributed by atoms with Crippen LogP contribution in [0.1, 0.15) is 18.5 Å². The number of hydrogen-bond acceptors (Lipinski definition) is 2. The Morgan fingerprint density at radius 2 is 1.94 bits per heavy atom. The van der Waals surface area contributed by atoms with Crippen molar-refractivity contribution in [1.82, 2.24) is 4.90 Å². The molecule has 0 fully saturated rings. The molecule has 1 N–H and O–H groups in total. The van der Waals surface area contributed by atoms with Gasteiger partial charge in [-0.25, -0.2) is 8.78 Å². The van der Waals surface area contributed by atoms with Crippen LogP contribution in [-0.4, -0.2) is 29.6 Å². The third kappa shape index (κ3) is 2.76. The highest BCUT2D eigenvalue weighted by molar-refractivity contribution is 5.69. The Kier molecular flexibility index (Phi) is 3.95. The SMILES string of the molecule is CC(c1c(F)cccc1F)N(C)CC(=O)O. The quantitative estimate of drug-likeness (QED) is 0.858. The Morgan fingerprint density at radius 1 is 1.44 bits per heavy atom. The summed E-state index contributed by atoms with van der Waals surface area (Å²) in [4.78, 5) is 11.9. The van der Waals surface area contributed by atoms with Crippen molar-refractivity contribution in [2.24, 2.45) is 0 Å². The molecule has 5 heteroatoms. The second-order valence-corrected chi connectivity index (χ2v) is 3.62. The molecule has 0 heterocycles. The van der Waals surface area contributed by atoms with Crippen LogP contribution < -0.4 is 0 Å². The van der Waals surface area contributed by atoms with Gasteiger partial charge in [0.05, 0.1) is 6.54 Å². The standard InChI is InChI=1S/C11H13F2NO2/c1-7(14(2)6-10(15)16)11-8(12)4-3-5-9(11)13/h3-5,7H,6H2,1-2H3,(H,15,16). The molecule has 1 atom stereocenters. The first-order valence-electron chi connectivity index (χ1n) is 4.79. The zero-order valence-electron chi connectivity index (χ0n) is 9.08. The molecule has 0 aromatic heterocycles. The summed E-state index contributed by atoms with van der Waals surface area (Å²) in [6, 6.07) is 2.96. The molecule has 1 rings (SSSR count). The molecule has 0 amide bonds. The Morgan fingerprint density at radius 3 is 2.38 bits per heavy atom. The van der Waals surface area contributed by atoms with E-state index in [1.54, 1.807) is 6.92 Å². The highest BCUT2D eigenvalue weighted by Gasteiger charge is 2.20. The van der Waals surface area contributed by atoms with Crippen LogP contribution in [0.3, 0.4) is 0 Å². The largest absolute Gasteiger partial charge is 0.480 e. The van der Waals surface area contributed by atoms with Gasteiger partial charge in [-0.1, -0.05) is 6.07 Å². The molecule has 0 aliphatic heterocycles. The van der Waals surface area contributed by atoms with E-state index in [0.29, 0.717) is 0 Å². The van der Waals surface area contributed by atoms with E-state index in [9.17, 15) is 13.6 Å². The van der Waals surface area contributed by atoms with Crippen LogP contribution >= 0.6 is 0 Å². The third-order valence-corrected chi connectivity index (χ3v) is 2.46. The predicted octanol–water partition coefficient (Wildman–Crippen LogP) is 2.04. The number of halogens is 2. The molecule has 0 saturated carbocycles. The van der Waals surface area contributed by atoms with Crippen molar-refractivity contribution >= 4 is 5.97 Å². The summed E-state index contributed by atoms with van der Waals surface area (Å²) in [5, 5.41) is 8.59. The molecule has 1 aromatic rings. The van der Waals surface area contributed by atoms with Gasteiger partial charge in [0.1, 0.15) is 11.6 Å². The van der Waals surface area contributed by atoms with Gasteiger partial charge < -0.3 is 5.11 Å². The Balaban J connectivity index is 2.95. The van der Waals surface area contributed by atoms with Crippen molar-refractivity contribution in [1.29, 1.82) is 0 Å². The molecule has 88 valence electrons. The number of carbonyl (C=O) groups is 1. The number of rotatable bonds is 4. The molecule has 1 unspecified atom stereocenters. The summed E-state index contributed by atoms with van der Waals surface area (Å²) < 4.78 is 26.8. The first-order valence-corrected chi connectivity index (χ1v) is 4.79. The van der Waals surface area contributed by atoms with Gasteiger partial charge >= 0.3 is 5.97 Å². The van der Waals surface area contributed by atoms with E-state index >= 15 is 0 Å². The van der Waals surface area contributed by atoms with Gasteiger partial charge in [0.15, 0.2) is 0 Å². The van der Waals surface area contributed by atoms with E-state index in [1.165, 1.54) is 18.0 Å². The Bertz CT molecular complexity index is 375. The van der Waals surface area contributed by atoms with E-state index < -0.39 is 23.6 Å². The molecule has 0 aliphatic rings. The van der Waals surface area contributed by atoms with Crippen molar-refractivity contribution in [2.75, 3.05) is 13.6 Å². The van der Waals surface area contributed by atoms with Gasteiger partial charge in [0.25, 0.3) is 0 Å².